The van der Waals surface area contributed by atoms with Crippen LogP contribution in [0.4, 0.5) is 8.78 Å². The molecule has 0 spiro atoms. The summed E-state index contributed by atoms with van der Waals surface area (Å²) in [6, 6.07) is 2.32. The lowest BCUT2D eigenvalue weighted by atomic mass is 9.95. The van der Waals surface area contributed by atoms with Crippen LogP contribution in [-0.4, -0.2) is 24.1 Å². The average Bonchev–Trinajstić information content (AvgIpc) is 2.32. The second-order valence-corrected chi connectivity index (χ2v) is 3.99. The van der Waals surface area contributed by atoms with Crippen LogP contribution in [0, 0.1) is 17.6 Å². The molecule has 0 aromatic heterocycles. The zero-order valence-corrected chi connectivity index (χ0v) is 10.4. The van der Waals surface area contributed by atoms with Gasteiger partial charge in [0.25, 0.3) is 0 Å². The molecule has 1 rings (SSSR count). The summed E-state index contributed by atoms with van der Waals surface area (Å²) >= 11 is 0. The highest BCUT2D eigenvalue weighted by molar-refractivity contribution is 6.10. The van der Waals surface area contributed by atoms with Crippen molar-refractivity contribution in [1.29, 1.82) is 0 Å². The molecule has 102 valence electrons. The lowest BCUT2D eigenvalue weighted by Crippen LogP contribution is -2.26. The topological polar surface area (TPSA) is 60.4 Å². The van der Waals surface area contributed by atoms with Gasteiger partial charge in [-0.3, -0.25) is 14.4 Å². The lowest BCUT2D eigenvalue weighted by molar-refractivity contribution is -0.146. The predicted molar refractivity (Wildman–Crippen MR) is 61.5 cm³/mol. The molecule has 19 heavy (non-hydrogen) atoms. The fourth-order valence-corrected chi connectivity index (χ4v) is 1.39. The lowest BCUT2D eigenvalue weighted by Gasteiger charge is -2.09. The largest absolute Gasteiger partial charge is 0.458 e. The Hall–Kier alpha value is -2.11. The number of hydrogen-bond acceptors (Lipinski definition) is 4. The van der Waals surface area contributed by atoms with Crippen molar-refractivity contribution in [3.63, 3.8) is 0 Å². The van der Waals surface area contributed by atoms with Crippen molar-refractivity contribution < 1.29 is 27.9 Å². The van der Waals surface area contributed by atoms with Gasteiger partial charge in [-0.05, 0) is 19.1 Å². The summed E-state index contributed by atoms with van der Waals surface area (Å²) in [5.41, 5.74) is -0.235. The molecule has 0 saturated heterocycles. The third kappa shape index (κ3) is 4.24. The third-order valence-electron chi connectivity index (χ3n) is 2.44. The maximum absolute atomic E-state index is 13.0. The minimum absolute atomic E-state index is 0.235. The van der Waals surface area contributed by atoms with E-state index in [4.69, 9.17) is 0 Å². The Morgan fingerprint density at radius 1 is 1.16 bits per heavy atom. The van der Waals surface area contributed by atoms with E-state index < -0.39 is 41.7 Å². The molecular formula is C13H12F2O4. The molecule has 0 amide bonds. The molecule has 0 fully saturated rings. The summed E-state index contributed by atoms with van der Waals surface area (Å²) in [4.78, 5) is 33.9. The Kier molecular flexibility index (Phi) is 4.86. The molecule has 0 aliphatic heterocycles. The molecule has 4 nitrogen and oxygen atoms in total. The van der Waals surface area contributed by atoms with Gasteiger partial charge in [0.2, 0.25) is 0 Å². The van der Waals surface area contributed by atoms with Crippen molar-refractivity contribution in [1.82, 2.24) is 0 Å². The van der Waals surface area contributed by atoms with Crippen LogP contribution in [0.15, 0.2) is 18.2 Å². The van der Waals surface area contributed by atoms with Gasteiger partial charge in [0, 0.05) is 18.6 Å². The molecule has 0 aliphatic rings. The van der Waals surface area contributed by atoms with Crippen molar-refractivity contribution in [3.05, 3.63) is 35.4 Å². The first-order valence-electron chi connectivity index (χ1n) is 5.47. The number of carbonyl (C=O) groups is 3. The van der Waals surface area contributed by atoms with Crippen LogP contribution in [0.25, 0.3) is 0 Å². The summed E-state index contributed by atoms with van der Waals surface area (Å²) in [7, 11) is 0. The van der Waals surface area contributed by atoms with E-state index in [1.807, 2.05) is 0 Å². The van der Waals surface area contributed by atoms with Gasteiger partial charge in [-0.25, -0.2) is 8.78 Å². The summed E-state index contributed by atoms with van der Waals surface area (Å²) in [6.45, 7) is 1.87. The quantitative estimate of drug-likeness (QED) is 0.466. The molecule has 1 unspecified atom stereocenters. The molecule has 0 saturated carbocycles. The van der Waals surface area contributed by atoms with Crippen LogP contribution in [0.3, 0.4) is 0 Å². The molecule has 0 aliphatic carbocycles. The van der Waals surface area contributed by atoms with Crippen LogP contribution < -0.4 is 0 Å². The number of ketones is 2. The van der Waals surface area contributed by atoms with E-state index in [0.29, 0.717) is 6.07 Å². The second-order valence-electron chi connectivity index (χ2n) is 3.99. The summed E-state index contributed by atoms with van der Waals surface area (Å²) in [5, 5.41) is 0. The van der Waals surface area contributed by atoms with Gasteiger partial charge in [-0.15, -0.1) is 0 Å². The Balaban J connectivity index is 2.81. The molecule has 0 N–H and O–H groups in total. The highest BCUT2D eigenvalue weighted by Crippen LogP contribution is 2.14. The maximum atomic E-state index is 13.0. The Morgan fingerprint density at radius 3 is 2.16 bits per heavy atom. The zero-order valence-electron chi connectivity index (χ0n) is 10.4. The third-order valence-corrected chi connectivity index (χ3v) is 2.44. The van der Waals surface area contributed by atoms with Crippen molar-refractivity contribution >= 4 is 17.5 Å². The molecule has 1 atom stereocenters. The van der Waals surface area contributed by atoms with Crippen LogP contribution in [0.2, 0.25) is 0 Å². The molecule has 0 heterocycles. The van der Waals surface area contributed by atoms with Crippen molar-refractivity contribution in [2.75, 3.05) is 6.61 Å². The zero-order chi connectivity index (χ0) is 14.6. The average molecular weight is 270 g/mol. The van der Waals surface area contributed by atoms with Gasteiger partial charge < -0.3 is 4.74 Å². The number of ether oxygens (including phenoxy) is 1. The molecule has 1 aromatic rings. The smallest absolute Gasteiger partial charge is 0.303 e. The van der Waals surface area contributed by atoms with E-state index in [0.717, 1.165) is 19.1 Å². The van der Waals surface area contributed by atoms with Gasteiger partial charge in [-0.2, -0.15) is 0 Å². The number of carbonyl (C=O) groups excluding carboxylic acids is 3. The van der Waals surface area contributed by atoms with Crippen LogP contribution >= 0.6 is 0 Å². The molecule has 0 radical (unpaired) electrons. The molecule has 1 aromatic carbocycles. The van der Waals surface area contributed by atoms with E-state index in [-0.39, 0.29) is 5.56 Å². The fourth-order valence-electron chi connectivity index (χ4n) is 1.39. The van der Waals surface area contributed by atoms with Crippen LogP contribution in [0.1, 0.15) is 24.2 Å². The SMILES string of the molecule is CC(=O)OCC(=O)C(C)C(=O)c1cc(F)cc(F)c1. The summed E-state index contributed by atoms with van der Waals surface area (Å²) in [6.07, 6.45) is 0. The maximum Gasteiger partial charge on any atom is 0.303 e. The highest BCUT2D eigenvalue weighted by atomic mass is 19.1. The molecule has 6 heteroatoms. The van der Waals surface area contributed by atoms with Gasteiger partial charge in [-0.1, -0.05) is 0 Å². The Morgan fingerprint density at radius 2 is 1.68 bits per heavy atom. The van der Waals surface area contributed by atoms with E-state index in [1.165, 1.54) is 6.92 Å². The monoisotopic (exact) mass is 270 g/mol. The van der Waals surface area contributed by atoms with Crippen molar-refractivity contribution in [2.24, 2.45) is 5.92 Å². The van der Waals surface area contributed by atoms with Crippen molar-refractivity contribution in [2.45, 2.75) is 13.8 Å². The van der Waals surface area contributed by atoms with Crippen LogP contribution in [-0.2, 0) is 14.3 Å². The van der Waals surface area contributed by atoms with Crippen LogP contribution in [0.5, 0.6) is 0 Å². The van der Waals surface area contributed by atoms with Gasteiger partial charge in [0.05, 0.1) is 5.92 Å². The van der Waals surface area contributed by atoms with Crippen molar-refractivity contribution in [3.8, 4) is 0 Å². The highest BCUT2D eigenvalue weighted by Gasteiger charge is 2.24. The first-order chi connectivity index (χ1) is 8.81. The molecule has 0 bridgehead atoms. The van der Waals surface area contributed by atoms with E-state index in [9.17, 15) is 23.2 Å². The first kappa shape index (κ1) is 14.9. The minimum atomic E-state index is -1.14. The minimum Gasteiger partial charge on any atom is -0.458 e. The van der Waals surface area contributed by atoms with Gasteiger partial charge in [0.15, 0.2) is 18.2 Å². The number of halogens is 2. The fraction of sp³-hybridized carbons (Fsp3) is 0.308. The Labute approximate surface area is 108 Å². The summed E-state index contributed by atoms with van der Waals surface area (Å²) in [5.74, 6) is -4.95. The Bertz CT molecular complexity index is 505. The van der Waals surface area contributed by atoms with E-state index in [1.54, 1.807) is 0 Å². The van der Waals surface area contributed by atoms with Gasteiger partial charge in [0.1, 0.15) is 11.6 Å². The van der Waals surface area contributed by atoms with E-state index in [2.05, 4.69) is 4.74 Å². The standard InChI is InChI=1S/C13H12F2O4/c1-7(12(17)6-19-8(2)16)13(18)9-3-10(14)5-11(15)4-9/h3-5,7H,6H2,1-2H3. The number of Topliss-reactive ketones (excluding diaryl/α,β-unsaturated/α-hetero) is 2. The van der Waals surface area contributed by atoms with Gasteiger partial charge >= 0.3 is 5.97 Å². The first-order valence-corrected chi connectivity index (χ1v) is 5.47. The number of rotatable bonds is 5. The predicted octanol–water partition coefficient (Wildman–Crippen LogP) is 1.92. The second kappa shape index (κ2) is 6.17. The molecular weight excluding hydrogens is 258 g/mol. The number of hydrogen-bond donors (Lipinski definition) is 0. The number of esters is 1. The van der Waals surface area contributed by atoms with E-state index >= 15 is 0 Å². The number of benzene rings is 1. The normalized spacial score (nSPS) is 11.8. The summed E-state index contributed by atoms with van der Waals surface area (Å²) < 4.78 is 30.4.